The second-order valence-electron chi connectivity index (χ2n) is 5.03. The van der Waals surface area contributed by atoms with E-state index in [-0.39, 0.29) is 5.56 Å². The summed E-state index contributed by atoms with van der Waals surface area (Å²) in [5.41, 5.74) is 2.69. The molecule has 0 atom stereocenters. The molecule has 0 aliphatic carbocycles. The Balaban J connectivity index is 1.96. The first kappa shape index (κ1) is 16.4. The van der Waals surface area contributed by atoms with Gasteiger partial charge in [0, 0.05) is 6.20 Å². The van der Waals surface area contributed by atoms with Gasteiger partial charge in [-0.2, -0.15) is 5.10 Å². The quantitative estimate of drug-likeness (QED) is 0.550. The normalized spacial score (nSPS) is 10.8. The molecular weight excluding hydrogens is 296 g/mol. The molecule has 0 unspecified atom stereocenters. The number of amides is 1. The maximum atomic E-state index is 11.8. The van der Waals surface area contributed by atoms with Crippen LogP contribution in [0.15, 0.2) is 45.2 Å². The average molecular weight is 314 g/mol. The number of benzene rings is 1. The van der Waals surface area contributed by atoms with Gasteiger partial charge in [0.25, 0.3) is 11.5 Å². The molecule has 3 N–H and O–H groups in total. The lowest BCUT2D eigenvalue weighted by Gasteiger charge is -2.00. The topological polar surface area (TPSA) is 107 Å². The van der Waals surface area contributed by atoms with Gasteiger partial charge in [0.15, 0.2) is 0 Å². The molecule has 0 fully saturated rings. The Bertz CT molecular complexity index is 803. The number of hydrogen-bond acceptors (Lipinski definition) is 4. The van der Waals surface area contributed by atoms with E-state index in [1.807, 2.05) is 29.2 Å². The van der Waals surface area contributed by atoms with E-state index < -0.39 is 17.2 Å². The highest BCUT2D eigenvalue weighted by atomic mass is 16.2. The molecule has 1 amide bonds. The number of H-pyrrole nitrogens is 2. The van der Waals surface area contributed by atoms with Crippen LogP contribution in [0.2, 0.25) is 0 Å². The van der Waals surface area contributed by atoms with Crippen molar-refractivity contribution in [3.63, 3.8) is 0 Å². The standard InChI is InChI=1S/C16H18N4O3/c1-2-3-4-11-5-7-12(8-6-11)9-18-20-15(22)13-10-17-16(23)19-14(13)21/h5-10H,2-4H2,1H3,(H,20,22)(H2,17,19,21,23). The number of hydrogen-bond donors (Lipinski definition) is 3. The molecule has 2 aromatic rings. The summed E-state index contributed by atoms with van der Waals surface area (Å²) in [6.45, 7) is 2.15. The van der Waals surface area contributed by atoms with E-state index in [1.165, 1.54) is 11.8 Å². The Labute approximate surface area is 132 Å². The number of carbonyl (C=O) groups excluding carboxylic acids is 1. The summed E-state index contributed by atoms with van der Waals surface area (Å²) in [6, 6.07) is 7.86. The van der Waals surface area contributed by atoms with E-state index in [1.54, 1.807) is 0 Å². The number of unbranched alkanes of at least 4 members (excludes halogenated alkanes) is 1. The molecule has 120 valence electrons. The zero-order valence-corrected chi connectivity index (χ0v) is 12.8. The van der Waals surface area contributed by atoms with Crippen molar-refractivity contribution in [1.29, 1.82) is 0 Å². The first-order valence-corrected chi connectivity index (χ1v) is 7.34. The Morgan fingerprint density at radius 1 is 1.26 bits per heavy atom. The van der Waals surface area contributed by atoms with Crippen LogP contribution < -0.4 is 16.7 Å². The van der Waals surface area contributed by atoms with Crippen LogP contribution in [0.3, 0.4) is 0 Å². The van der Waals surface area contributed by atoms with Gasteiger partial charge in [0.1, 0.15) is 5.56 Å². The van der Waals surface area contributed by atoms with Gasteiger partial charge < -0.3 is 4.98 Å². The highest BCUT2D eigenvalue weighted by Crippen LogP contribution is 2.06. The van der Waals surface area contributed by atoms with E-state index in [0.717, 1.165) is 31.0 Å². The van der Waals surface area contributed by atoms with Crippen molar-refractivity contribution in [3.8, 4) is 0 Å². The van der Waals surface area contributed by atoms with Crippen LogP contribution in [-0.2, 0) is 6.42 Å². The monoisotopic (exact) mass is 314 g/mol. The number of aromatic nitrogens is 2. The van der Waals surface area contributed by atoms with E-state index >= 15 is 0 Å². The summed E-state index contributed by atoms with van der Waals surface area (Å²) in [4.78, 5) is 38.3. The highest BCUT2D eigenvalue weighted by Gasteiger charge is 2.09. The van der Waals surface area contributed by atoms with Gasteiger partial charge in [-0.3, -0.25) is 14.6 Å². The van der Waals surface area contributed by atoms with Crippen LogP contribution in [-0.4, -0.2) is 22.1 Å². The van der Waals surface area contributed by atoms with Crippen LogP contribution in [0, 0.1) is 0 Å². The SMILES string of the molecule is CCCCc1ccc(C=NNC(=O)c2c[nH]c(=O)[nH]c2=O)cc1. The van der Waals surface area contributed by atoms with Crippen molar-refractivity contribution in [3.05, 3.63) is 68.0 Å². The highest BCUT2D eigenvalue weighted by molar-refractivity contribution is 5.94. The van der Waals surface area contributed by atoms with Gasteiger partial charge in [-0.25, -0.2) is 10.2 Å². The summed E-state index contributed by atoms with van der Waals surface area (Å²) < 4.78 is 0. The van der Waals surface area contributed by atoms with Crippen LogP contribution in [0.25, 0.3) is 0 Å². The summed E-state index contributed by atoms with van der Waals surface area (Å²) >= 11 is 0. The van der Waals surface area contributed by atoms with Crippen LogP contribution in [0.5, 0.6) is 0 Å². The Hall–Kier alpha value is -2.96. The predicted molar refractivity (Wildman–Crippen MR) is 87.8 cm³/mol. The van der Waals surface area contributed by atoms with Crippen molar-refractivity contribution >= 4 is 12.1 Å². The fourth-order valence-electron chi connectivity index (χ4n) is 1.96. The molecule has 0 bridgehead atoms. The number of nitrogens with one attached hydrogen (secondary N) is 3. The van der Waals surface area contributed by atoms with E-state index in [0.29, 0.717) is 0 Å². The Morgan fingerprint density at radius 2 is 2.00 bits per heavy atom. The predicted octanol–water partition coefficient (Wildman–Crippen LogP) is 1.17. The molecule has 0 aliphatic heterocycles. The molecule has 0 aliphatic rings. The second-order valence-corrected chi connectivity index (χ2v) is 5.03. The molecular formula is C16H18N4O3. The summed E-state index contributed by atoms with van der Waals surface area (Å²) in [5.74, 6) is -0.696. The maximum Gasteiger partial charge on any atom is 0.325 e. The summed E-state index contributed by atoms with van der Waals surface area (Å²) in [5, 5.41) is 3.80. The number of carbonyl (C=O) groups is 1. The van der Waals surface area contributed by atoms with E-state index in [9.17, 15) is 14.4 Å². The number of aromatic amines is 2. The Morgan fingerprint density at radius 3 is 2.65 bits per heavy atom. The van der Waals surface area contributed by atoms with Crippen molar-refractivity contribution in [1.82, 2.24) is 15.4 Å². The fourth-order valence-corrected chi connectivity index (χ4v) is 1.96. The smallest absolute Gasteiger partial charge is 0.313 e. The minimum atomic E-state index is -0.762. The third kappa shape index (κ3) is 4.77. The molecule has 7 heteroatoms. The van der Waals surface area contributed by atoms with Gasteiger partial charge in [0.2, 0.25) is 0 Å². The minimum Gasteiger partial charge on any atom is -0.313 e. The van der Waals surface area contributed by atoms with Crippen LogP contribution >= 0.6 is 0 Å². The molecule has 0 radical (unpaired) electrons. The first-order chi connectivity index (χ1) is 11.1. The first-order valence-electron chi connectivity index (χ1n) is 7.34. The molecule has 7 nitrogen and oxygen atoms in total. The Kier molecular flexibility index (Phi) is 5.62. The van der Waals surface area contributed by atoms with Crippen molar-refractivity contribution in [2.45, 2.75) is 26.2 Å². The lowest BCUT2D eigenvalue weighted by molar-refractivity contribution is 0.0953. The van der Waals surface area contributed by atoms with Crippen molar-refractivity contribution in [2.24, 2.45) is 5.10 Å². The molecule has 2 rings (SSSR count). The van der Waals surface area contributed by atoms with E-state index in [2.05, 4.69) is 22.4 Å². The molecule has 1 aromatic heterocycles. The van der Waals surface area contributed by atoms with Gasteiger partial charge >= 0.3 is 5.69 Å². The van der Waals surface area contributed by atoms with Crippen LogP contribution in [0.1, 0.15) is 41.3 Å². The fraction of sp³-hybridized carbons (Fsp3) is 0.250. The zero-order valence-electron chi connectivity index (χ0n) is 12.8. The summed E-state index contributed by atoms with van der Waals surface area (Å²) in [7, 11) is 0. The summed E-state index contributed by atoms with van der Waals surface area (Å²) in [6.07, 6.45) is 5.88. The third-order valence-corrected chi connectivity index (χ3v) is 3.24. The van der Waals surface area contributed by atoms with Crippen molar-refractivity contribution in [2.75, 3.05) is 0 Å². The lowest BCUT2D eigenvalue weighted by Crippen LogP contribution is -2.31. The van der Waals surface area contributed by atoms with E-state index in [4.69, 9.17) is 0 Å². The molecule has 0 spiro atoms. The molecule has 0 saturated carbocycles. The third-order valence-electron chi connectivity index (χ3n) is 3.24. The average Bonchev–Trinajstić information content (AvgIpc) is 2.54. The van der Waals surface area contributed by atoms with Gasteiger partial charge in [-0.05, 0) is 24.0 Å². The number of hydrazone groups is 1. The molecule has 1 heterocycles. The zero-order chi connectivity index (χ0) is 16.7. The maximum absolute atomic E-state index is 11.8. The largest absolute Gasteiger partial charge is 0.325 e. The second kappa shape index (κ2) is 7.88. The minimum absolute atomic E-state index is 0.211. The van der Waals surface area contributed by atoms with Gasteiger partial charge in [0.05, 0.1) is 6.21 Å². The number of rotatable bonds is 6. The lowest BCUT2D eigenvalue weighted by atomic mass is 10.1. The molecule has 0 saturated heterocycles. The number of aryl methyl sites for hydroxylation is 1. The van der Waals surface area contributed by atoms with Gasteiger partial charge in [-0.15, -0.1) is 0 Å². The number of nitrogens with zero attached hydrogens (tertiary/aromatic N) is 1. The van der Waals surface area contributed by atoms with Gasteiger partial charge in [-0.1, -0.05) is 37.6 Å². The molecule has 23 heavy (non-hydrogen) atoms. The van der Waals surface area contributed by atoms with Crippen molar-refractivity contribution < 1.29 is 4.79 Å². The molecule has 1 aromatic carbocycles. The van der Waals surface area contributed by atoms with Crippen LogP contribution in [0.4, 0.5) is 0 Å².